The van der Waals surface area contributed by atoms with Crippen molar-refractivity contribution in [3.63, 3.8) is 0 Å². The van der Waals surface area contributed by atoms with Gasteiger partial charge in [0.25, 0.3) is 5.91 Å². The van der Waals surface area contributed by atoms with Crippen LogP contribution in [0.5, 0.6) is 5.75 Å². The summed E-state index contributed by atoms with van der Waals surface area (Å²) in [6.45, 7) is 2.66. The topological polar surface area (TPSA) is 106 Å². The molecule has 0 aromatic heterocycles. The number of hydrogen-bond acceptors (Lipinski definition) is 9. The van der Waals surface area contributed by atoms with Crippen molar-refractivity contribution in [3.05, 3.63) is 89.7 Å². The van der Waals surface area contributed by atoms with Crippen LogP contribution in [0.15, 0.2) is 72.8 Å². The number of amides is 1. The molecule has 2 aliphatic rings. The number of nitrogens with one attached hydrogen (secondary N) is 3. The van der Waals surface area contributed by atoms with Crippen LogP contribution in [0.4, 0.5) is 4.39 Å². The Morgan fingerprint density at radius 3 is 2.52 bits per heavy atom. The number of benzene rings is 3. The second-order valence-corrected chi connectivity index (χ2v) is 13.7. The summed E-state index contributed by atoms with van der Waals surface area (Å²) in [5, 5.41) is 9.81. The van der Waals surface area contributed by atoms with Crippen LogP contribution in [-0.2, 0) is 9.53 Å². The van der Waals surface area contributed by atoms with Gasteiger partial charge in [0.15, 0.2) is 0 Å². The van der Waals surface area contributed by atoms with Crippen LogP contribution < -0.4 is 20.7 Å². The molecule has 2 heterocycles. The second kappa shape index (κ2) is 17.0. The molecule has 11 heteroatoms. The summed E-state index contributed by atoms with van der Waals surface area (Å²) < 4.78 is 25.8. The molecule has 3 aromatic rings. The van der Waals surface area contributed by atoms with Gasteiger partial charge in [0.1, 0.15) is 30.3 Å². The standard InChI is InChI=1S/C35H40FN3O5S2/c1-45-18-15-32(34(41)44-27-13-16-37-17-14-27)39-33(40)30-12-11-28(20-31(30)23-7-9-25(36)10-8-23)43-22-26-19-29(21-38-26)46-35(42)24-5-3-2-4-6-24/h2-12,20,26-27,29,32,37-38H,13-19,21-22H2,1H3,(H,39,40). The minimum absolute atomic E-state index is 0.0569. The summed E-state index contributed by atoms with van der Waals surface area (Å²) in [7, 11) is 0. The predicted molar refractivity (Wildman–Crippen MR) is 182 cm³/mol. The molecular weight excluding hydrogens is 626 g/mol. The molecule has 5 rings (SSSR count). The smallest absolute Gasteiger partial charge is 0.328 e. The highest BCUT2D eigenvalue weighted by Gasteiger charge is 2.29. The molecule has 3 unspecified atom stereocenters. The minimum atomic E-state index is -0.792. The summed E-state index contributed by atoms with van der Waals surface area (Å²) in [5.74, 6) is 0.00538. The number of thioether (sulfide) groups is 2. The molecule has 0 saturated carbocycles. The fourth-order valence-corrected chi connectivity index (χ4v) is 7.10. The maximum atomic E-state index is 13.8. The van der Waals surface area contributed by atoms with Gasteiger partial charge in [-0.05, 0) is 92.2 Å². The highest BCUT2D eigenvalue weighted by atomic mass is 32.2. The fourth-order valence-electron chi connectivity index (χ4n) is 5.55. The van der Waals surface area contributed by atoms with Crippen molar-refractivity contribution in [2.45, 2.75) is 49.1 Å². The normalized spacial score (nSPS) is 18.9. The van der Waals surface area contributed by atoms with E-state index in [2.05, 4.69) is 16.0 Å². The third-order valence-corrected chi connectivity index (χ3v) is 9.86. The van der Waals surface area contributed by atoms with Crippen molar-refractivity contribution in [2.75, 3.05) is 38.2 Å². The van der Waals surface area contributed by atoms with Crippen molar-refractivity contribution < 1.29 is 28.2 Å². The molecule has 0 aliphatic carbocycles. The van der Waals surface area contributed by atoms with Crippen LogP contribution in [0.1, 0.15) is 46.4 Å². The summed E-state index contributed by atoms with van der Waals surface area (Å²) in [5.41, 5.74) is 2.24. The molecule has 8 nitrogen and oxygen atoms in total. The molecule has 3 atom stereocenters. The van der Waals surface area contributed by atoms with E-state index in [1.165, 1.54) is 23.9 Å². The number of esters is 1. The first kappa shape index (κ1) is 34.0. The Hall–Kier alpha value is -3.38. The summed E-state index contributed by atoms with van der Waals surface area (Å²) >= 11 is 2.94. The number of ether oxygens (including phenoxy) is 2. The Kier molecular flexibility index (Phi) is 12.5. The number of hydrogen-bond donors (Lipinski definition) is 3. The Bertz CT molecular complexity index is 1470. The molecular formula is C35H40FN3O5S2. The maximum Gasteiger partial charge on any atom is 0.328 e. The number of halogens is 1. The van der Waals surface area contributed by atoms with Gasteiger partial charge in [-0.1, -0.05) is 54.2 Å². The van der Waals surface area contributed by atoms with E-state index in [0.717, 1.165) is 32.4 Å². The zero-order valence-electron chi connectivity index (χ0n) is 25.8. The van der Waals surface area contributed by atoms with Crippen LogP contribution in [0.3, 0.4) is 0 Å². The first-order valence-electron chi connectivity index (χ1n) is 15.6. The molecule has 2 aliphatic heterocycles. The Balaban J connectivity index is 1.25. The molecule has 2 fully saturated rings. The van der Waals surface area contributed by atoms with Crippen molar-refractivity contribution in [3.8, 4) is 16.9 Å². The Labute approximate surface area is 278 Å². The minimum Gasteiger partial charge on any atom is -0.492 e. The van der Waals surface area contributed by atoms with Crippen molar-refractivity contribution in [1.29, 1.82) is 0 Å². The van der Waals surface area contributed by atoms with E-state index in [-0.39, 0.29) is 28.3 Å². The van der Waals surface area contributed by atoms with Crippen LogP contribution in [-0.4, -0.2) is 78.7 Å². The monoisotopic (exact) mass is 665 g/mol. The Morgan fingerprint density at radius 2 is 1.78 bits per heavy atom. The van der Waals surface area contributed by atoms with E-state index in [4.69, 9.17) is 9.47 Å². The lowest BCUT2D eigenvalue weighted by Crippen LogP contribution is -2.44. The van der Waals surface area contributed by atoms with Crippen molar-refractivity contribution >= 4 is 40.5 Å². The number of carbonyl (C=O) groups is 3. The van der Waals surface area contributed by atoms with Crippen LogP contribution in [0, 0.1) is 5.82 Å². The van der Waals surface area contributed by atoms with Gasteiger partial charge < -0.3 is 25.4 Å². The van der Waals surface area contributed by atoms with Crippen LogP contribution in [0.25, 0.3) is 11.1 Å². The predicted octanol–water partition coefficient (Wildman–Crippen LogP) is 5.32. The quantitative estimate of drug-likeness (QED) is 0.209. The second-order valence-electron chi connectivity index (χ2n) is 11.5. The molecule has 0 radical (unpaired) electrons. The molecule has 0 bridgehead atoms. The first-order valence-corrected chi connectivity index (χ1v) is 17.9. The molecule has 1 amide bonds. The largest absolute Gasteiger partial charge is 0.492 e. The lowest BCUT2D eigenvalue weighted by atomic mass is 9.98. The van der Waals surface area contributed by atoms with E-state index >= 15 is 0 Å². The average molecular weight is 666 g/mol. The summed E-state index contributed by atoms with van der Waals surface area (Å²) in [6, 6.07) is 19.6. The third kappa shape index (κ3) is 9.57. The van der Waals surface area contributed by atoms with Crippen molar-refractivity contribution in [2.24, 2.45) is 0 Å². The van der Waals surface area contributed by atoms with Gasteiger partial charge in [-0.2, -0.15) is 11.8 Å². The lowest BCUT2D eigenvalue weighted by Gasteiger charge is -2.26. The van der Waals surface area contributed by atoms with Gasteiger partial charge >= 0.3 is 5.97 Å². The lowest BCUT2D eigenvalue weighted by molar-refractivity contribution is -0.152. The van der Waals surface area contributed by atoms with Crippen LogP contribution >= 0.6 is 23.5 Å². The third-order valence-electron chi connectivity index (χ3n) is 8.08. The fraction of sp³-hybridized carbons (Fsp3) is 0.400. The van der Waals surface area contributed by atoms with E-state index in [1.807, 2.05) is 36.6 Å². The zero-order chi connectivity index (χ0) is 32.3. The van der Waals surface area contributed by atoms with Gasteiger partial charge in [0, 0.05) is 29.0 Å². The van der Waals surface area contributed by atoms with E-state index in [0.29, 0.717) is 53.3 Å². The summed E-state index contributed by atoms with van der Waals surface area (Å²) in [4.78, 5) is 39.5. The van der Waals surface area contributed by atoms with Gasteiger partial charge in [0.2, 0.25) is 5.12 Å². The SMILES string of the molecule is CSCCC(NC(=O)c1ccc(OCC2CC(SC(=O)c3ccccc3)CN2)cc1-c1ccc(F)cc1)C(=O)OC1CCNCC1. The van der Waals surface area contributed by atoms with Crippen molar-refractivity contribution in [1.82, 2.24) is 16.0 Å². The molecule has 244 valence electrons. The number of piperidine rings is 1. The van der Waals surface area contributed by atoms with Gasteiger partial charge in [-0.3, -0.25) is 9.59 Å². The maximum absolute atomic E-state index is 13.8. The Morgan fingerprint density at radius 1 is 1.02 bits per heavy atom. The van der Waals surface area contributed by atoms with Gasteiger partial charge in [-0.25, -0.2) is 9.18 Å². The van der Waals surface area contributed by atoms with E-state index in [9.17, 15) is 18.8 Å². The van der Waals surface area contributed by atoms with E-state index < -0.39 is 17.9 Å². The molecule has 2 saturated heterocycles. The highest BCUT2D eigenvalue weighted by molar-refractivity contribution is 8.14. The molecule has 3 N–H and O–H groups in total. The molecule has 0 spiro atoms. The molecule has 46 heavy (non-hydrogen) atoms. The van der Waals surface area contributed by atoms with Gasteiger partial charge in [0.05, 0.1) is 0 Å². The first-order chi connectivity index (χ1) is 22.4. The van der Waals surface area contributed by atoms with E-state index in [1.54, 1.807) is 42.1 Å². The highest BCUT2D eigenvalue weighted by Crippen LogP contribution is 2.30. The number of rotatable bonds is 13. The number of carbonyl (C=O) groups excluding carboxylic acids is 3. The average Bonchev–Trinajstić information content (AvgIpc) is 3.53. The van der Waals surface area contributed by atoms with Crippen LogP contribution in [0.2, 0.25) is 0 Å². The van der Waals surface area contributed by atoms with Gasteiger partial charge in [-0.15, -0.1) is 0 Å². The summed E-state index contributed by atoms with van der Waals surface area (Å²) in [6.07, 6.45) is 4.49. The zero-order valence-corrected chi connectivity index (χ0v) is 27.5. The molecule has 3 aromatic carbocycles.